The molecule has 0 aromatic heterocycles. The fourth-order valence-corrected chi connectivity index (χ4v) is 4.18. The number of carbonyl (C=O) groups excluding carboxylic acids is 1. The van der Waals surface area contributed by atoms with Crippen LogP contribution in [0.4, 0.5) is 24.5 Å². The van der Waals surface area contributed by atoms with Gasteiger partial charge >= 0.3 is 6.36 Å². The number of aryl methyl sites for hydroxylation is 1. The lowest BCUT2D eigenvalue weighted by Crippen LogP contribution is -2.37. The third-order valence-corrected chi connectivity index (χ3v) is 5.79. The molecule has 0 fully saturated rings. The molecule has 30 heavy (non-hydrogen) atoms. The number of methoxy groups -OCH3 is 1. The van der Waals surface area contributed by atoms with E-state index in [-0.39, 0.29) is 23.1 Å². The van der Waals surface area contributed by atoms with Crippen LogP contribution in [-0.4, -0.2) is 40.9 Å². The lowest BCUT2D eigenvalue weighted by Gasteiger charge is -2.30. The molecule has 1 heterocycles. The molecule has 162 valence electrons. The van der Waals surface area contributed by atoms with Crippen LogP contribution in [-0.2, 0) is 26.0 Å². The maximum atomic E-state index is 12.6. The fourth-order valence-electron chi connectivity index (χ4n) is 3.13. The van der Waals surface area contributed by atoms with Crippen molar-refractivity contribution in [2.75, 3.05) is 29.9 Å². The zero-order valence-corrected chi connectivity index (χ0v) is 16.7. The normalized spacial score (nSPS) is 14.2. The smallest absolute Gasteiger partial charge is 0.406 e. The van der Waals surface area contributed by atoms with E-state index in [4.69, 9.17) is 4.74 Å². The van der Waals surface area contributed by atoms with E-state index in [1.54, 1.807) is 23.1 Å². The summed E-state index contributed by atoms with van der Waals surface area (Å²) in [6, 6.07) is 8.72. The number of alkyl halides is 3. The van der Waals surface area contributed by atoms with Crippen LogP contribution < -0.4 is 14.4 Å². The Labute approximate surface area is 171 Å². The van der Waals surface area contributed by atoms with E-state index in [0.29, 0.717) is 12.2 Å². The van der Waals surface area contributed by atoms with Gasteiger partial charge in [-0.1, -0.05) is 6.07 Å². The molecule has 2 aromatic carbocycles. The molecular weight excluding hydrogens is 425 g/mol. The van der Waals surface area contributed by atoms with Crippen molar-refractivity contribution in [3.8, 4) is 5.75 Å². The molecule has 0 atom stereocenters. The third kappa shape index (κ3) is 5.22. The number of rotatable bonds is 6. The summed E-state index contributed by atoms with van der Waals surface area (Å²) >= 11 is 0. The quantitative estimate of drug-likeness (QED) is 0.739. The minimum Gasteiger partial charge on any atom is -0.406 e. The first kappa shape index (κ1) is 21.9. The number of sulfonamides is 1. The van der Waals surface area contributed by atoms with Gasteiger partial charge in [-0.25, -0.2) is 8.42 Å². The van der Waals surface area contributed by atoms with Gasteiger partial charge < -0.3 is 14.4 Å². The van der Waals surface area contributed by atoms with Crippen LogP contribution in [0.3, 0.4) is 0 Å². The first-order valence-corrected chi connectivity index (χ1v) is 10.4. The van der Waals surface area contributed by atoms with Crippen molar-refractivity contribution in [2.45, 2.75) is 24.1 Å². The Morgan fingerprint density at radius 3 is 2.50 bits per heavy atom. The topological polar surface area (TPSA) is 84.9 Å². The average molecular weight is 444 g/mol. The van der Waals surface area contributed by atoms with Crippen molar-refractivity contribution in [2.24, 2.45) is 0 Å². The van der Waals surface area contributed by atoms with Gasteiger partial charge in [0, 0.05) is 19.3 Å². The molecule has 0 radical (unpaired) electrons. The lowest BCUT2D eigenvalue weighted by atomic mass is 10.0. The van der Waals surface area contributed by atoms with Crippen molar-refractivity contribution < 1.29 is 35.9 Å². The highest BCUT2D eigenvalue weighted by Crippen LogP contribution is 2.31. The summed E-state index contributed by atoms with van der Waals surface area (Å²) < 4.78 is 73.0. The molecule has 0 unspecified atom stereocenters. The highest BCUT2D eigenvalue weighted by molar-refractivity contribution is 7.92. The Bertz CT molecular complexity index is 1020. The molecule has 1 aliphatic rings. The number of nitrogens with one attached hydrogen (secondary N) is 1. The zero-order chi connectivity index (χ0) is 21.9. The highest BCUT2D eigenvalue weighted by Gasteiger charge is 2.31. The predicted octanol–water partition coefficient (Wildman–Crippen LogP) is 3.31. The SMILES string of the molecule is COCC(=O)N1CCCc2ccc(NS(=O)(=O)c3ccc(OC(F)(F)F)cc3)cc21. The minimum atomic E-state index is -4.87. The Kier molecular flexibility index (Phi) is 6.22. The van der Waals surface area contributed by atoms with E-state index in [0.717, 1.165) is 42.7 Å². The molecule has 1 amide bonds. The first-order chi connectivity index (χ1) is 14.1. The summed E-state index contributed by atoms with van der Waals surface area (Å²) in [5, 5.41) is 0. The highest BCUT2D eigenvalue weighted by atomic mass is 32.2. The van der Waals surface area contributed by atoms with E-state index < -0.39 is 22.1 Å². The van der Waals surface area contributed by atoms with Crippen LogP contribution in [0, 0.1) is 0 Å². The van der Waals surface area contributed by atoms with Gasteiger partial charge in [-0.15, -0.1) is 13.2 Å². The molecule has 0 bridgehead atoms. The summed E-state index contributed by atoms with van der Waals surface area (Å²) in [5.74, 6) is -0.763. The van der Waals surface area contributed by atoms with Gasteiger partial charge in [0.2, 0.25) is 0 Å². The number of benzene rings is 2. The molecule has 0 spiro atoms. The lowest BCUT2D eigenvalue weighted by molar-refractivity contribution is -0.274. The van der Waals surface area contributed by atoms with Gasteiger partial charge in [-0.3, -0.25) is 9.52 Å². The summed E-state index contributed by atoms with van der Waals surface area (Å²) in [6.07, 6.45) is -3.34. The molecule has 7 nitrogen and oxygen atoms in total. The van der Waals surface area contributed by atoms with Crippen LogP contribution >= 0.6 is 0 Å². The van der Waals surface area contributed by atoms with Crippen molar-refractivity contribution in [1.82, 2.24) is 0 Å². The van der Waals surface area contributed by atoms with Crippen LogP contribution in [0.5, 0.6) is 5.75 Å². The van der Waals surface area contributed by atoms with Crippen molar-refractivity contribution >= 4 is 27.3 Å². The molecule has 1 aliphatic heterocycles. The number of ether oxygens (including phenoxy) is 2. The molecule has 0 aliphatic carbocycles. The largest absolute Gasteiger partial charge is 0.573 e. The number of nitrogens with zero attached hydrogens (tertiary/aromatic N) is 1. The standard InChI is InChI=1S/C19H19F3N2O5S/c1-28-12-18(25)24-10-2-3-13-4-5-14(11-17(13)24)23-30(26,27)16-8-6-15(7-9-16)29-19(20,21)22/h4-9,11,23H,2-3,10,12H2,1H3. The minimum absolute atomic E-state index is 0.0955. The van der Waals surface area contributed by atoms with Crippen LogP contribution in [0.1, 0.15) is 12.0 Å². The maximum absolute atomic E-state index is 12.6. The fraction of sp³-hybridized carbons (Fsp3) is 0.316. The third-order valence-electron chi connectivity index (χ3n) is 4.39. The van der Waals surface area contributed by atoms with Crippen molar-refractivity contribution in [3.05, 3.63) is 48.0 Å². The predicted molar refractivity (Wildman–Crippen MR) is 103 cm³/mol. The monoisotopic (exact) mass is 444 g/mol. The Morgan fingerprint density at radius 2 is 1.87 bits per heavy atom. The number of anilines is 2. The molecule has 0 saturated heterocycles. The number of carbonyl (C=O) groups is 1. The van der Waals surface area contributed by atoms with Gasteiger partial charge in [0.25, 0.3) is 15.9 Å². The zero-order valence-electron chi connectivity index (χ0n) is 15.9. The summed E-state index contributed by atoms with van der Waals surface area (Å²) in [5.41, 5.74) is 1.72. The van der Waals surface area contributed by atoms with E-state index >= 15 is 0 Å². The Hall–Kier alpha value is -2.79. The Morgan fingerprint density at radius 1 is 1.17 bits per heavy atom. The molecule has 3 rings (SSSR count). The van der Waals surface area contributed by atoms with E-state index in [9.17, 15) is 26.4 Å². The van der Waals surface area contributed by atoms with E-state index in [1.807, 2.05) is 0 Å². The summed E-state index contributed by atoms with van der Waals surface area (Å²) in [7, 11) is -2.65. The average Bonchev–Trinajstić information content (AvgIpc) is 2.66. The van der Waals surface area contributed by atoms with Crippen LogP contribution in [0.25, 0.3) is 0 Å². The van der Waals surface area contributed by atoms with Gasteiger partial charge in [0.1, 0.15) is 12.4 Å². The van der Waals surface area contributed by atoms with Crippen LogP contribution in [0.2, 0.25) is 0 Å². The van der Waals surface area contributed by atoms with Crippen molar-refractivity contribution in [3.63, 3.8) is 0 Å². The van der Waals surface area contributed by atoms with Crippen LogP contribution in [0.15, 0.2) is 47.4 Å². The summed E-state index contributed by atoms with van der Waals surface area (Å²) in [6.45, 7) is 0.397. The second kappa shape index (κ2) is 8.52. The van der Waals surface area contributed by atoms with Gasteiger partial charge in [0.05, 0.1) is 10.6 Å². The molecule has 11 heteroatoms. The molecular formula is C19H19F3N2O5S. The van der Waals surface area contributed by atoms with Crippen molar-refractivity contribution in [1.29, 1.82) is 0 Å². The molecule has 0 saturated carbocycles. The number of hydrogen-bond acceptors (Lipinski definition) is 5. The Balaban J connectivity index is 1.82. The number of fused-ring (bicyclic) bond motifs is 1. The number of hydrogen-bond donors (Lipinski definition) is 1. The molecule has 2 aromatic rings. The molecule has 1 N–H and O–H groups in total. The number of halogens is 3. The second-order valence-corrected chi connectivity index (χ2v) is 8.23. The van der Waals surface area contributed by atoms with Gasteiger partial charge in [0.15, 0.2) is 0 Å². The van der Waals surface area contributed by atoms with Gasteiger partial charge in [-0.2, -0.15) is 0 Å². The summed E-state index contributed by atoms with van der Waals surface area (Å²) in [4.78, 5) is 13.6. The maximum Gasteiger partial charge on any atom is 0.573 e. The second-order valence-electron chi connectivity index (χ2n) is 6.55. The van der Waals surface area contributed by atoms with Gasteiger partial charge in [-0.05, 0) is 54.8 Å². The number of amides is 1. The van der Waals surface area contributed by atoms with E-state index in [2.05, 4.69) is 9.46 Å². The first-order valence-electron chi connectivity index (χ1n) is 8.90. The van der Waals surface area contributed by atoms with E-state index in [1.165, 1.54) is 7.11 Å².